The van der Waals surface area contributed by atoms with Crippen LogP contribution in [0.2, 0.25) is 0 Å². The maximum atomic E-state index is 11.5. The first-order valence-electron chi connectivity index (χ1n) is 4.96. The minimum Gasteiger partial charge on any atom is -0.467 e. The summed E-state index contributed by atoms with van der Waals surface area (Å²) in [4.78, 5) is 23.7. The Morgan fingerprint density at radius 2 is 2.33 bits per heavy atom. The molecule has 82 valence electrons. The molecule has 1 atom stereocenters. The maximum absolute atomic E-state index is 11.5. The maximum Gasteiger partial charge on any atom is 0.329 e. The fraction of sp³-hybridized carbons (Fsp3) is 0.600. The molecule has 0 saturated carbocycles. The number of ether oxygens (including phenoxy) is 1. The molecule has 1 N–H and O–H groups in total. The van der Waals surface area contributed by atoms with Gasteiger partial charge >= 0.3 is 5.97 Å². The molecule has 0 spiro atoms. The van der Waals surface area contributed by atoms with Gasteiger partial charge in [-0.25, -0.2) is 4.79 Å². The average molecular weight is 227 g/mol. The van der Waals surface area contributed by atoms with Crippen LogP contribution in [-0.4, -0.2) is 30.7 Å². The monoisotopic (exact) mass is 227 g/mol. The van der Waals surface area contributed by atoms with E-state index in [1.807, 2.05) is 0 Å². The molecule has 2 rings (SSSR count). The van der Waals surface area contributed by atoms with Gasteiger partial charge in [0.05, 0.1) is 12.0 Å². The topological polar surface area (TPSA) is 55.4 Å². The second-order valence-corrected chi connectivity index (χ2v) is 4.65. The second kappa shape index (κ2) is 4.26. The van der Waals surface area contributed by atoms with Crippen LogP contribution in [-0.2, 0) is 14.3 Å². The first kappa shape index (κ1) is 10.5. The summed E-state index contributed by atoms with van der Waals surface area (Å²) in [6.07, 6.45) is 2.37. The molecule has 2 aliphatic rings. The molecule has 0 fully saturated rings. The van der Waals surface area contributed by atoms with E-state index >= 15 is 0 Å². The molecule has 0 bridgehead atoms. The number of nitrogens with one attached hydrogen (secondary N) is 1. The minimum atomic E-state index is -0.301. The molecule has 1 aliphatic heterocycles. The van der Waals surface area contributed by atoms with Crippen LogP contribution >= 0.6 is 11.8 Å². The van der Waals surface area contributed by atoms with Crippen molar-refractivity contribution < 1.29 is 14.3 Å². The smallest absolute Gasteiger partial charge is 0.329 e. The first-order chi connectivity index (χ1) is 7.22. The number of thioether (sulfide) groups is 1. The lowest BCUT2D eigenvalue weighted by Gasteiger charge is -2.29. The van der Waals surface area contributed by atoms with Crippen molar-refractivity contribution >= 4 is 23.5 Å². The van der Waals surface area contributed by atoms with Gasteiger partial charge in [-0.2, -0.15) is 0 Å². The van der Waals surface area contributed by atoms with E-state index in [1.165, 1.54) is 18.9 Å². The largest absolute Gasteiger partial charge is 0.467 e. The van der Waals surface area contributed by atoms with Gasteiger partial charge in [0.2, 0.25) is 0 Å². The van der Waals surface area contributed by atoms with Crippen LogP contribution in [0.15, 0.2) is 10.6 Å². The number of methoxy groups -OCH3 is 1. The first-order valence-corrected chi connectivity index (χ1v) is 5.94. The predicted octanol–water partition coefficient (Wildman–Crippen LogP) is 0.829. The fourth-order valence-electron chi connectivity index (χ4n) is 1.81. The zero-order valence-electron chi connectivity index (χ0n) is 8.54. The zero-order valence-corrected chi connectivity index (χ0v) is 9.36. The Bertz CT molecular complexity index is 338. The third-order valence-electron chi connectivity index (χ3n) is 2.59. The van der Waals surface area contributed by atoms with Crippen LogP contribution in [0.4, 0.5) is 0 Å². The lowest BCUT2D eigenvalue weighted by atomic mass is 10.0. The Balaban J connectivity index is 2.13. The van der Waals surface area contributed by atoms with Crippen molar-refractivity contribution in [3.63, 3.8) is 0 Å². The van der Waals surface area contributed by atoms with Crippen molar-refractivity contribution in [1.82, 2.24) is 5.32 Å². The van der Waals surface area contributed by atoms with Crippen LogP contribution in [0.3, 0.4) is 0 Å². The summed E-state index contributed by atoms with van der Waals surface area (Å²) in [5, 5.41) is 3.10. The van der Waals surface area contributed by atoms with Crippen molar-refractivity contribution in [3.05, 3.63) is 10.6 Å². The number of Topliss-reactive ketones (excluding diaryl/α,β-unsaturated/α-hetero) is 1. The van der Waals surface area contributed by atoms with Gasteiger partial charge in [0.15, 0.2) is 5.78 Å². The number of carbonyl (C=O) groups excluding carboxylic acids is 2. The fourth-order valence-corrected chi connectivity index (χ4v) is 2.97. The minimum absolute atomic E-state index is 0.206. The summed E-state index contributed by atoms with van der Waals surface area (Å²) in [5.74, 6) is 0.529. The van der Waals surface area contributed by atoms with Crippen LogP contribution in [0.5, 0.6) is 0 Å². The summed E-state index contributed by atoms with van der Waals surface area (Å²) >= 11 is 1.47. The Morgan fingerprint density at radius 3 is 3.07 bits per heavy atom. The Morgan fingerprint density at radius 1 is 1.53 bits per heavy atom. The molecule has 5 heteroatoms. The quantitative estimate of drug-likeness (QED) is 0.672. The number of hydrogen-bond donors (Lipinski definition) is 1. The van der Waals surface area contributed by atoms with Crippen LogP contribution < -0.4 is 5.32 Å². The Labute approximate surface area is 92.4 Å². The molecule has 1 aliphatic carbocycles. The molecule has 15 heavy (non-hydrogen) atoms. The molecule has 1 heterocycles. The average Bonchev–Trinajstić information content (AvgIpc) is 2.28. The number of hydrogen-bond acceptors (Lipinski definition) is 5. The van der Waals surface area contributed by atoms with Crippen molar-refractivity contribution in [2.45, 2.75) is 25.3 Å². The number of carbonyl (C=O) groups is 2. The van der Waals surface area contributed by atoms with E-state index in [0.717, 1.165) is 23.4 Å². The van der Waals surface area contributed by atoms with Crippen LogP contribution in [0.1, 0.15) is 19.3 Å². The molecule has 0 radical (unpaired) electrons. The molecule has 0 amide bonds. The highest BCUT2D eigenvalue weighted by Crippen LogP contribution is 2.33. The van der Waals surface area contributed by atoms with Gasteiger partial charge in [0, 0.05) is 17.9 Å². The lowest BCUT2D eigenvalue weighted by molar-refractivity contribution is -0.142. The van der Waals surface area contributed by atoms with Crippen LogP contribution in [0, 0.1) is 0 Å². The lowest BCUT2D eigenvalue weighted by Crippen LogP contribution is -2.43. The van der Waals surface area contributed by atoms with Crippen molar-refractivity contribution in [3.8, 4) is 0 Å². The standard InChI is InChI=1S/C10H13NO3S/c1-14-10(13)7-5-15-9-6(11-7)3-2-4-8(9)12/h7,11H,2-5H2,1H3/t7-/m0/s1. The summed E-state index contributed by atoms with van der Waals surface area (Å²) in [7, 11) is 1.38. The van der Waals surface area contributed by atoms with Gasteiger partial charge in [-0.05, 0) is 12.8 Å². The van der Waals surface area contributed by atoms with Gasteiger partial charge < -0.3 is 10.1 Å². The number of rotatable bonds is 1. The van der Waals surface area contributed by atoms with Gasteiger partial charge in [0.1, 0.15) is 6.04 Å². The van der Waals surface area contributed by atoms with Gasteiger partial charge in [0.25, 0.3) is 0 Å². The number of ketones is 1. The van der Waals surface area contributed by atoms with E-state index in [2.05, 4.69) is 10.1 Å². The second-order valence-electron chi connectivity index (χ2n) is 3.62. The van der Waals surface area contributed by atoms with E-state index in [0.29, 0.717) is 12.2 Å². The van der Waals surface area contributed by atoms with E-state index in [1.54, 1.807) is 0 Å². The SMILES string of the molecule is COC(=O)[C@@H]1CSC2=C(CCCC2=O)N1. The van der Waals surface area contributed by atoms with Crippen molar-refractivity contribution in [2.24, 2.45) is 0 Å². The van der Waals surface area contributed by atoms with Gasteiger partial charge in [-0.15, -0.1) is 11.8 Å². The molecule has 4 nitrogen and oxygen atoms in total. The zero-order chi connectivity index (χ0) is 10.8. The highest BCUT2D eigenvalue weighted by Gasteiger charge is 2.31. The third kappa shape index (κ3) is 2.02. The number of allylic oxidation sites excluding steroid dienone is 2. The molecule has 0 aromatic carbocycles. The van der Waals surface area contributed by atoms with E-state index in [4.69, 9.17) is 0 Å². The van der Waals surface area contributed by atoms with Crippen LogP contribution in [0.25, 0.3) is 0 Å². The van der Waals surface area contributed by atoms with E-state index in [9.17, 15) is 9.59 Å². The van der Waals surface area contributed by atoms with E-state index in [-0.39, 0.29) is 17.8 Å². The van der Waals surface area contributed by atoms with Gasteiger partial charge in [-0.3, -0.25) is 4.79 Å². The van der Waals surface area contributed by atoms with Crippen molar-refractivity contribution in [2.75, 3.05) is 12.9 Å². The molecular formula is C10H13NO3S. The highest BCUT2D eigenvalue weighted by molar-refractivity contribution is 8.04. The summed E-state index contributed by atoms with van der Waals surface area (Å²) in [6, 6.07) is -0.301. The molecule has 0 saturated heterocycles. The molecule has 0 aromatic heterocycles. The summed E-state index contributed by atoms with van der Waals surface area (Å²) in [6.45, 7) is 0. The van der Waals surface area contributed by atoms with E-state index < -0.39 is 0 Å². The highest BCUT2D eigenvalue weighted by atomic mass is 32.2. The summed E-state index contributed by atoms with van der Waals surface area (Å²) in [5.41, 5.74) is 0.929. The molecule has 0 aromatic rings. The molecule has 0 unspecified atom stereocenters. The molecular weight excluding hydrogens is 214 g/mol. The number of esters is 1. The summed E-state index contributed by atoms with van der Waals surface area (Å²) < 4.78 is 4.67. The van der Waals surface area contributed by atoms with Gasteiger partial charge in [-0.1, -0.05) is 0 Å². The predicted molar refractivity (Wildman–Crippen MR) is 57.3 cm³/mol. The third-order valence-corrected chi connectivity index (χ3v) is 3.85. The normalized spacial score (nSPS) is 25.7. The Hall–Kier alpha value is -0.970. The Kier molecular flexibility index (Phi) is 3.00. The van der Waals surface area contributed by atoms with Crippen molar-refractivity contribution in [1.29, 1.82) is 0 Å².